The molecule has 1 aromatic rings. The van der Waals surface area contributed by atoms with E-state index in [4.69, 9.17) is 5.73 Å². The third kappa shape index (κ3) is 5.04. The zero-order chi connectivity index (χ0) is 7.94. The van der Waals surface area contributed by atoms with Gasteiger partial charge in [-0.3, -0.25) is 0 Å². The van der Waals surface area contributed by atoms with E-state index in [0.717, 1.165) is 12.3 Å². The smallest absolute Gasteiger partial charge is 0.00559 e. The lowest BCUT2D eigenvalue weighted by molar-refractivity contribution is 1.13. The molecular weight excluding hydrogens is 210 g/mol. The first kappa shape index (κ1) is 12.3. The first-order valence-corrected chi connectivity index (χ1v) is 5.82. The van der Waals surface area contributed by atoms with Gasteiger partial charge in [-0.25, -0.2) is 0 Å². The molecule has 0 saturated carbocycles. The number of hydrogen-bond donors (Lipinski definition) is 1. The van der Waals surface area contributed by atoms with Crippen LogP contribution in [0.25, 0.3) is 0 Å². The Labute approximate surface area is 88.1 Å². The Balaban J connectivity index is 0.00000121. The van der Waals surface area contributed by atoms with Crippen LogP contribution >= 0.6 is 35.5 Å². The van der Waals surface area contributed by atoms with Crippen molar-refractivity contribution in [1.29, 1.82) is 0 Å². The molecule has 12 heavy (non-hydrogen) atoms. The van der Waals surface area contributed by atoms with Gasteiger partial charge in [-0.1, -0.05) is 0 Å². The van der Waals surface area contributed by atoms with Gasteiger partial charge in [0.2, 0.25) is 0 Å². The summed E-state index contributed by atoms with van der Waals surface area (Å²) in [7, 11) is 0. The van der Waals surface area contributed by atoms with Gasteiger partial charge in [0.05, 0.1) is 0 Å². The predicted molar refractivity (Wildman–Crippen MR) is 61.7 cm³/mol. The molecular formula is C8H14ClNS2. The zero-order valence-electron chi connectivity index (χ0n) is 6.86. The maximum Gasteiger partial charge on any atom is 0.00559 e. The second-order valence-electron chi connectivity index (χ2n) is 2.28. The summed E-state index contributed by atoms with van der Waals surface area (Å²) in [6.45, 7) is 0.800. The van der Waals surface area contributed by atoms with Crippen LogP contribution in [0.15, 0.2) is 16.8 Å². The van der Waals surface area contributed by atoms with Gasteiger partial charge >= 0.3 is 0 Å². The van der Waals surface area contributed by atoms with E-state index >= 15 is 0 Å². The summed E-state index contributed by atoms with van der Waals surface area (Å²) >= 11 is 3.70. The fourth-order valence-electron chi connectivity index (χ4n) is 0.810. The summed E-state index contributed by atoms with van der Waals surface area (Å²) < 4.78 is 0. The van der Waals surface area contributed by atoms with Crippen LogP contribution in [0.3, 0.4) is 0 Å². The number of rotatable bonds is 5. The molecule has 1 aromatic heterocycles. The van der Waals surface area contributed by atoms with Crippen molar-refractivity contribution in [2.75, 3.05) is 18.1 Å². The van der Waals surface area contributed by atoms with E-state index in [1.165, 1.54) is 17.7 Å². The molecule has 0 aromatic carbocycles. The minimum Gasteiger partial charge on any atom is -0.330 e. The Hall–Kier alpha value is 0.300. The maximum atomic E-state index is 5.37. The molecule has 0 aliphatic carbocycles. The van der Waals surface area contributed by atoms with E-state index in [2.05, 4.69) is 16.8 Å². The van der Waals surface area contributed by atoms with Crippen molar-refractivity contribution in [2.24, 2.45) is 5.73 Å². The van der Waals surface area contributed by atoms with Gasteiger partial charge in [0.25, 0.3) is 0 Å². The summed E-state index contributed by atoms with van der Waals surface area (Å²) in [6.07, 6.45) is 1.19. The van der Waals surface area contributed by atoms with Crippen molar-refractivity contribution in [3.8, 4) is 0 Å². The van der Waals surface area contributed by atoms with Crippen molar-refractivity contribution >= 4 is 35.5 Å². The van der Waals surface area contributed by atoms with Crippen molar-refractivity contribution in [3.05, 3.63) is 22.4 Å². The molecule has 0 amide bonds. The minimum absolute atomic E-state index is 0. The van der Waals surface area contributed by atoms with E-state index in [-0.39, 0.29) is 12.4 Å². The molecule has 0 saturated heterocycles. The van der Waals surface area contributed by atoms with Crippen molar-refractivity contribution in [3.63, 3.8) is 0 Å². The molecule has 0 atom stereocenters. The number of aryl methyl sites for hydroxylation is 1. The summed E-state index contributed by atoms with van der Waals surface area (Å²) in [5, 5.41) is 4.34. The summed E-state index contributed by atoms with van der Waals surface area (Å²) in [6, 6.07) is 2.19. The average Bonchev–Trinajstić information content (AvgIpc) is 2.50. The maximum absolute atomic E-state index is 5.37. The molecule has 0 spiro atoms. The quantitative estimate of drug-likeness (QED) is 0.776. The van der Waals surface area contributed by atoms with Gasteiger partial charge < -0.3 is 5.73 Å². The fourth-order valence-corrected chi connectivity index (χ4v) is 2.26. The van der Waals surface area contributed by atoms with Crippen molar-refractivity contribution < 1.29 is 0 Å². The molecule has 0 bridgehead atoms. The molecule has 1 heterocycles. The van der Waals surface area contributed by atoms with Crippen LogP contribution in [0.2, 0.25) is 0 Å². The van der Waals surface area contributed by atoms with Crippen LogP contribution in [0.1, 0.15) is 5.56 Å². The average molecular weight is 224 g/mol. The molecule has 0 unspecified atom stereocenters. The standard InChI is InChI=1S/C8H13NS2.ClH/c9-3-6-10-4-1-8-2-5-11-7-8;/h2,5,7H,1,3-4,6,9H2;1H. The van der Waals surface area contributed by atoms with Crippen LogP contribution in [-0.4, -0.2) is 18.1 Å². The Morgan fingerprint density at radius 1 is 1.42 bits per heavy atom. The Bertz CT molecular complexity index is 177. The lowest BCUT2D eigenvalue weighted by atomic mass is 10.3. The Morgan fingerprint density at radius 2 is 2.25 bits per heavy atom. The zero-order valence-corrected chi connectivity index (χ0v) is 9.31. The number of thiophene rings is 1. The SMILES string of the molecule is Cl.NCCSCCc1ccsc1. The van der Waals surface area contributed by atoms with E-state index in [9.17, 15) is 0 Å². The van der Waals surface area contributed by atoms with E-state index in [1.807, 2.05) is 11.8 Å². The third-order valence-electron chi connectivity index (χ3n) is 1.38. The van der Waals surface area contributed by atoms with Gasteiger partial charge in [-0.05, 0) is 34.6 Å². The minimum atomic E-state index is 0. The topological polar surface area (TPSA) is 26.0 Å². The highest BCUT2D eigenvalue weighted by Gasteiger charge is 1.92. The molecule has 2 N–H and O–H groups in total. The largest absolute Gasteiger partial charge is 0.330 e. The number of nitrogens with two attached hydrogens (primary N) is 1. The van der Waals surface area contributed by atoms with Crippen LogP contribution in [0.5, 0.6) is 0 Å². The van der Waals surface area contributed by atoms with Gasteiger partial charge in [0, 0.05) is 12.3 Å². The lowest BCUT2D eigenvalue weighted by Crippen LogP contribution is -2.02. The number of halogens is 1. The lowest BCUT2D eigenvalue weighted by Gasteiger charge is -1.96. The van der Waals surface area contributed by atoms with Gasteiger partial charge in [0.15, 0.2) is 0 Å². The third-order valence-corrected chi connectivity index (χ3v) is 3.13. The normalized spacial score (nSPS) is 9.42. The molecule has 4 heteroatoms. The molecule has 0 aliphatic rings. The highest BCUT2D eigenvalue weighted by Crippen LogP contribution is 2.09. The second kappa shape index (κ2) is 7.92. The predicted octanol–water partition coefficient (Wildman–Crippen LogP) is 2.40. The van der Waals surface area contributed by atoms with Crippen LogP contribution in [0, 0.1) is 0 Å². The monoisotopic (exact) mass is 223 g/mol. The van der Waals surface area contributed by atoms with Gasteiger partial charge in [-0.2, -0.15) is 23.1 Å². The number of hydrogen-bond acceptors (Lipinski definition) is 3. The van der Waals surface area contributed by atoms with Crippen LogP contribution in [0.4, 0.5) is 0 Å². The number of thioether (sulfide) groups is 1. The summed E-state index contributed by atoms with van der Waals surface area (Å²) in [5.41, 5.74) is 6.83. The van der Waals surface area contributed by atoms with Gasteiger partial charge in [-0.15, -0.1) is 12.4 Å². The molecule has 1 rings (SSSR count). The van der Waals surface area contributed by atoms with E-state index < -0.39 is 0 Å². The fraction of sp³-hybridized carbons (Fsp3) is 0.500. The Morgan fingerprint density at radius 3 is 2.83 bits per heavy atom. The van der Waals surface area contributed by atoms with Crippen molar-refractivity contribution in [1.82, 2.24) is 0 Å². The van der Waals surface area contributed by atoms with E-state index in [0.29, 0.717) is 0 Å². The Kier molecular flexibility index (Phi) is 8.12. The molecule has 0 aliphatic heterocycles. The summed E-state index contributed by atoms with van der Waals surface area (Å²) in [5.74, 6) is 2.29. The van der Waals surface area contributed by atoms with Gasteiger partial charge in [0.1, 0.15) is 0 Å². The molecule has 0 fully saturated rings. The summed E-state index contributed by atoms with van der Waals surface area (Å²) in [4.78, 5) is 0. The van der Waals surface area contributed by atoms with Crippen molar-refractivity contribution in [2.45, 2.75) is 6.42 Å². The molecule has 1 nitrogen and oxygen atoms in total. The van der Waals surface area contributed by atoms with Crippen LogP contribution in [-0.2, 0) is 6.42 Å². The second-order valence-corrected chi connectivity index (χ2v) is 4.29. The highest BCUT2D eigenvalue weighted by atomic mass is 35.5. The molecule has 70 valence electrons. The van der Waals surface area contributed by atoms with E-state index in [1.54, 1.807) is 11.3 Å². The first-order chi connectivity index (χ1) is 5.43. The highest BCUT2D eigenvalue weighted by molar-refractivity contribution is 7.99. The first-order valence-electron chi connectivity index (χ1n) is 3.72. The van der Waals surface area contributed by atoms with Crippen LogP contribution < -0.4 is 5.73 Å². The molecule has 0 radical (unpaired) electrons.